The first-order chi connectivity index (χ1) is 8.74. The molecule has 0 aromatic rings. The van der Waals surface area contributed by atoms with Crippen LogP contribution >= 0.6 is 0 Å². The number of ether oxygens (including phenoxy) is 2. The number of carboxylic acid groups (broad SMARTS) is 1. The van der Waals surface area contributed by atoms with Gasteiger partial charge in [-0.05, 0) is 33.6 Å². The summed E-state index contributed by atoms with van der Waals surface area (Å²) < 4.78 is 10.4. The van der Waals surface area contributed by atoms with Gasteiger partial charge in [0.25, 0.3) is 0 Å². The van der Waals surface area contributed by atoms with Crippen LogP contribution in [-0.4, -0.2) is 42.0 Å². The van der Waals surface area contributed by atoms with Gasteiger partial charge in [-0.1, -0.05) is 6.42 Å². The van der Waals surface area contributed by atoms with Gasteiger partial charge < -0.3 is 19.9 Å². The largest absolute Gasteiger partial charge is 0.480 e. The predicted octanol–water partition coefficient (Wildman–Crippen LogP) is 1.78. The molecular weight excluding hydrogens is 250 g/mol. The Morgan fingerprint density at radius 3 is 2.42 bits per heavy atom. The van der Waals surface area contributed by atoms with E-state index in [0.717, 1.165) is 19.3 Å². The van der Waals surface area contributed by atoms with E-state index in [0.29, 0.717) is 0 Å². The highest BCUT2D eigenvalue weighted by Gasteiger charge is 2.39. The third-order valence-corrected chi connectivity index (χ3v) is 3.17. The molecule has 2 N–H and O–H groups in total. The van der Waals surface area contributed by atoms with Crippen LogP contribution in [0.15, 0.2) is 0 Å². The first-order valence-electron chi connectivity index (χ1n) is 6.49. The fourth-order valence-corrected chi connectivity index (χ4v) is 2.42. The molecule has 1 fully saturated rings. The van der Waals surface area contributed by atoms with Crippen LogP contribution in [0.1, 0.15) is 40.0 Å². The molecule has 19 heavy (non-hydrogen) atoms. The summed E-state index contributed by atoms with van der Waals surface area (Å²) in [5.74, 6) is -1.27. The summed E-state index contributed by atoms with van der Waals surface area (Å²) in [5, 5.41) is 11.7. The van der Waals surface area contributed by atoms with Gasteiger partial charge in [-0.25, -0.2) is 9.59 Å². The van der Waals surface area contributed by atoms with Crippen molar-refractivity contribution < 1.29 is 24.2 Å². The van der Waals surface area contributed by atoms with Gasteiger partial charge in [0.2, 0.25) is 0 Å². The van der Waals surface area contributed by atoms with Crippen molar-refractivity contribution in [3.8, 4) is 0 Å². The number of rotatable bonds is 4. The lowest BCUT2D eigenvalue weighted by Crippen LogP contribution is -2.49. The number of alkyl carbamates (subject to hydrolysis) is 1. The Bertz CT molecular complexity index is 336. The quantitative estimate of drug-likeness (QED) is 0.815. The van der Waals surface area contributed by atoms with Crippen molar-refractivity contribution >= 4 is 12.1 Å². The minimum absolute atomic E-state index is 0.129. The molecular formula is C13H23NO5. The van der Waals surface area contributed by atoms with Crippen LogP contribution in [0.4, 0.5) is 4.79 Å². The number of carbonyl (C=O) groups excluding carboxylic acids is 1. The lowest BCUT2D eigenvalue weighted by molar-refractivity contribution is -0.142. The Morgan fingerprint density at radius 1 is 1.32 bits per heavy atom. The fourth-order valence-electron chi connectivity index (χ4n) is 2.42. The molecule has 0 aromatic heterocycles. The summed E-state index contributed by atoms with van der Waals surface area (Å²) in [6, 6.07) is -0.970. The first kappa shape index (κ1) is 15.8. The molecule has 1 rings (SSSR count). The summed E-state index contributed by atoms with van der Waals surface area (Å²) in [6.07, 6.45) is 1.62. The Morgan fingerprint density at radius 2 is 1.95 bits per heavy atom. The monoisotopic (exact) mass is 273 g/mol. The standard InChI is InChI=1S/C13H23NO5/c1-13(2,3)19-12(17)14-10(11(15)16)8-6-5-7-9(8)18-4/h8-10H,5-7H2,1-4H3,(H,14,17)(H,15,16). The number of carboxylic acids is 1. The molecule has 0 spiro atoms. The van der Waals surface area contributed by atoms with Crippen molar-refractivity contribution in [3.63, 3.8) is 0 Å². The molecule has 1 aliphatic carbocycles. The number of aliphatic carboxylic acids is 1. The van der Waals surface area contributed by atoms with Crippen LogP contribution in [0.25, 0.3) is 0 Å². The van der Waals surface area contributed by atoms with E-state index >= 15 is 0 Å². The van der Waals surface area contributed by atoms with E-state index in [1.165, 1.54) is 0 Å². The van der Waals surface area contributed by atoms with Crippen LogP contribution < -0.4 is 5.32 Å². The molecule has 0 aromatic carbocycles. The summed E-state index contributed by atoms with van der Waals surface area (Å²) in [5.41, 5.74) is -0.649. The van der Waals surface area contributed by atoms with Crippen molar-refractivity contribution in [1.29, 1.82) is 0 Å². The predicted molar refractivity (Wildman–Crippen MR) is 68.9 cm³/mol. The van der Waals surface area contributed by atoms with E-state index in [2.05, 4.69) is 5.32 Å². The third kappa shape index (κ3) is 4.70. The average molecular weight is 273 g/mol. The molecule has 6 heteroatoms. The van der Waals surface area contributed by atoms with Gasteiger partial charge in [-0.15, -0.1) is 0 Å². The number of nitrogens with one attached hydrogen (secondary N) is 1. The van der Waals surface area contributed by atoms with E-state index < -0.39 is 23.7 Å². The fraction of sp³-hybridized carbons (Fsp3) is 0.846. The Balaban J connectivity index is 2.68. The van der Waals surface area contributed by atoms with Crippen molar-refractivity contribution in [1.82, 2.24) is 5.32 Å². The van der Waals surface area contributed by atoms with E-state index in [1.807, 2.05) is 0 Å². The highest BCUT2D eigenvalue weighted by Crippen LogP contribution is 2.30. The maximum atomic E-state index is 11.7. The zero-order valence-corrected chi connectivity index (χ0v) is 11.9. The average Bonchev–Trinajstić information content (AvgIpc) is 2.70. The van der Waals surface area contributed by atoms with Gasteiger partial charge in [0, 0.05) is 13.0 Å². The van der Waals surface area contributed by atoms with Gasteiger partial charge in [-0.2, -0.15) is 0 Å². The molecule has 3 unspecified atom stereocenters. The van der Waals surface area contributed by atoms with Crippen molar-refractivity contribution in [2.75, 3.05) is 7.11 Å². The summed E-state index contributed by atoms with van der Waals surface area (Å²) in [6.45, 7) is 5.20. The Kier molecular flexibility index (Phi) is 5.17. The molecule has 1 aliphatic rings. The van der Waals surface area contributed by atoms with Crippen LogP contribution in [-0.2, 0) is 14.3 Å². The SMILES string of the molecule is COC1CCCC1C(NC(=O)OC(C)(C)C)C(=O)O. The van der Waals surface area contributed by atoms with Crippen molar-refractivity contribution in [3.05, 3.63) is 0 Å². The molecule has 0 saturated heterocycles. The van der Waals surface area contributed by atoms with Gasteiger partial charge >= 0.3 is 12.1 Å². The van der Waals surface area contributed by atoms with Crippen molar-refractivity contribution in [2.24, 2.45) is 5.92 Å². The highest BCUT2D eigenvalue weighted by molar-refractivity contribution is 5.80. The lowest BCUT2D eigenvalue weighted by Gasteiger charge is -2.27. The summed E-state index contributed by atoms with van der Waals surface area (Å²) in [7, 11) is 1.56. The number of hydrogen-bond acceptors (Lipinski definition) is 4. The van der Waals surface area contributed by atoms with E-state index in [4.69, 9.17) is 9.47 Å². The minimum Gasteiger partial charge on any atom is -0.480 e. The zero-order valence-electron chi connectivity index (χ0n) is 11.9. The van der Waals surface area contributed by atoms with Crippen LogP contribution in [0.2, 0.25) is 0 Å². The molecule has 0 bridgehead atoms. The second-order valence-corrected chi connectivity index (χ2v) is 5.83. The number of hydrogen-bond donors (Lipinski definition) is 2. The van der Waals surface area contributed by atoms with Crippen LogP contribution in [0.3, 0.4) is 0 Å². The van der Waals surface area contributed by atoms with Gasteiger partial charge in [0.05, 0.1) is 6.10 Å². The minimum atomic E-state index is -1.06. The van der Waals surface area contributed by atoms with E-state index in [1.54, 1.807) is 27.9 Å². The molecule has 3 atom stereocenters. The number of carbonyl (C=O) groups is 2. The van der Waals surface area contributed by atoms with Gasteiger partial charge in [0.1, 0.15) is 11.6 Å². The molecule has 0 aliphatic heterocycles. The topological polar surface area (TPSA) is 84.9 Å². The molecule has 1 saturated carbocycles. The second-order valence-electron chi connectivity index (χ2n) is 5.83. The molecule has 0 radical (unpaired) electrons. The van der Waals surface area contributed by atoms with E-state index in [-0.39, 0.29) is 12.0 Å². The van der Waals surface area contributed by atoms with E-state index in [9.17, 15) is 14.7 Å². The zero-order chi connectivity index (χ0) is 14.6. The van der Waals surface area contributed by atoms with Gasteiger partial charge in [-0.3, -0.25) is 0 Å². The summed E-state index contributed by atoms with van der Waals surface area (Å²) in [4.78, 5) is 23.0. The molecule has 110 valence electrons. The first-order valence-corrected chi connectivity index (χ1v) is 6.49. The normalized spacial score (nSPS) is 24.8. The summed E-state index contributed by atoms with van der Waals surface area (Å²) >= 11 is 0. The molecule has 0 heterocycles. The lowest BCUT2D eigenvalue weighted by atomic mass is 9.96. The van der Waals surface area contributed by atoms with Gasteiger partial charge in [0.15, 0.2) is 0 Å². The second kappa shape index (κ2) is 6.23. The smallest absolute Gasteiger partial charge is 0.408 e. The Hall–Kier alpha value is -1.30. The maximum Gasteiger partial charge on any atom is 0.408 e. The third-order valence-electron chi connectivity index (χ3n) is 3.17. The number of methoxy groups -OCH3 is 1. The maximum absolute atomic E-state index is 11.7. The Labute approximate surface area is 113 Å². The number of amides is 1. The molecule has 6 nitrogen and oxygen atoms in total. The van der Waals surface area contributed by atoms with Crippen LogP contribution in [0, 0.1) is 5.92 Å². The molecule has 1 amide bonds. The van der Waals surface area contributed by atoms with Crippen molar-refractivity contribution in [2.45, 2.75) is 57.8 Å². The van der Waals surface area contributed by atoms with Crippen LogP contribution in [0.5, 0.6) is 0 Å². The highest BCUT2D eigenvalue weighted by atomic mass is 16.6.